The summed E-state index contributed by atoms with van der Waals surface area (Å²) >= 11 is 3.43. The highest BCUT2D eigenvalue weighted by Gasteiger charge is 2.29. The van der Waals surface area contributed by atoms with Gasteiger partial charge in [0.2, 0.25) is 0 Å². The lowest BCUT2D eigenvalue weighted by Gasteiger charge is -2.25. The zero-order valence-electron chi connectivity index (χ0n) is 9.45. The van der Waals surface area contributed by atoms with Crippen LogP contribution in [0.15, 0.2) is 22.7 Å². The zero-order valence-corrected chi connectivity index (χ0v) is 11.0. The third-order valence-electron chi connectivity index (χ3n) is 2.82. The molecule has 1 fully saturated rings. The molecule has 0 unspecified atom stereocenters. The quantitative estimate of drug-likeness (QED) is 0.845. The summed E-state index contributed by atoms with van der Waals surface area (Å²) in [5, 5.41) is 0. The van der Waals surface area contributed by atoms with Gasteiger partial charge in [0.1, 0.15) is 0 Å². The Kier molecular flexibility index (Phi) is 3.71. The lowest BCUT2D eigenvalue weighted by atomic mass is 10.2. The first-order valence-electron chi connectivity index (χ1n) is 5.53. The van der Waals surface area contributed by atoms with E-state index in [1.165, 1.54) is 12.8 Å². The van der Waals surface area contributed by atoms with Gasteiger partial charge < -0.3 is 15.4 Å². The molecule has 0 radical (unpaired) electrons. The number of hydrogen-bond acceptors (Lipinski definition) is 3. The third kappa shape index (κ3) is 2.68. The van der Waals surface area contributed by atoms with Crippen LogP contribution in [0.4, 0.5) is 11.4 Å². The number of anilines is 2. The molecule has 1 aliphatic carbocycles. The Morgan fingerprint density at radius 3 is 2.81 bits per heavy atom. The molecular formula is C12H17BrN2O. The monoisotopic (exact) mass is 284 g/mol. The summed E-state index contributed by atoms with van der Waals surface area (Å²) in [6, 6.07) is 6.72. The molecule has 3 nitrogen and oxygen atoms in total. The van der Waals surface area contributed by atoms with Crippen molar-refractivity contribution in [3.63, 3.8) is 0 Å². The largest absolute Gasteiger partial charge is 0.397 e. The maximum atomic E-state index is 6.05. The Morgan fingerprint density at radius 2 is 2.25 bits per heavy atom. The minimum atomic E-state index is 0.652. The number of nitrogens with zero attached hydrogens (tertiary/aromatic N) is 1. The van der Waals surface area contributed by atoms with Crippen molar-refractivity contribution in [3.05, 3.63) is 22.7 Å². The lowest BCUT2D eigenvalue weighted by molar-refractivity contribution is 0.205. The van der Waals surface area contributed by atoms with Crippen LogP contribution in [0, 0.1) is 0 Å². The number of nitrogens with two attached hydrogens (primary N) is 1. The van der Waals surface area contributed by atoms with E-state index in [1.807, 2.05) is 12.1 Å². The van der Waals surface area contributed by atoms with Crippen LogP contribution in [0.5, 0.6) is 0 Å². The number of benzene rings is 1. The van der Waals surface area contributed by atoms with Crippen molar-refractivity contribution in [1.82, 2.24) is 0 Å². The van der Waals surface area contributed by atoms with Crippen LogP contribution in [0.25, 0.3) is 0 Å². The minimum Gasteiger partial charge on any atom is -0.397 e. The summed E-state index contributed by atoms with van der Waals surface area (Å²) in [5.74, 6) is 0. The van der Waals surface area contributed by atoms with Crippen molar-refractivity contribution in [2.24, 2.45) is 0 Å². The van der Waals surface area contributed by atoms with Gasteiger partial charge in [-0.15, -0.1) is 0 Å². The molecule has 88 valence electrons. The van der Waals surface area contributed by atoms with Crippen LogP contribution < -0.4 is 10.6 Å². The summed E-state index contributed by atoms with van der Waals surface area (Å²) in [6.45, 7) is 1.65. The molecule has 0 bridgehead atoms. The molecule has 2 rings (SSSR count). The predicted molar refractivity (Wildman–Crippen MR) is 70.8 cm³/mol. The van der Waals surface area contributed by atoms with Crippen molar-refractivity contribution in [2.75, 3.05) is 30.9 Å². The van der Waals surface area contributed by atoms with Crippen LogP contribution in [0.2, 0.25) is 0 Å². The van der Waals surface area contributed by atoms with Crippen LogP contribution in [0.3, 0.4) is 0 Å². The number of ether oxygens (including phenoxy) is 1. The standard InChI is InChI=1S/C12H17BrN2O/c1-16-7-6-15(10-3-4-10)12-5-2-9(13)8-11(12)14/h2,5,8,10H,3-4,6-7,14H2,1H3. The fourth-order valence-corrected chi connectivity index (χ4v) is 2.24. The molecule has 0 saturated heterocycles. The molecule has 2 N–H and O–H groups in total. The molecular weight excluding hydrogens is 268 g/mol. The van der Waals surface area contributed by atoms with Gasteiger partial charge in [-0.1, -0.05) is 15.9 Å². The normalized spacial score (nSPS) is 15.1. The van der Waals surface area contributed by atoms with E-state index in [-0.39, 0.29) is 0 Å². The zero-order chi connectivity index (χ0) is 11.5. The molecule has 4 heteroatoms. The molecule has 1 aromatic rings. The molecule has 0 aromatic heterocycles. The number of methoxy groups -OCH3 is 1. The fraction of sp³-hybridized carbons (Fsp3) is 0.500. The average molecular weight is 285 g/mol. The van der Waals surface area contributed by atoms with E-state index < -0.39 is 0 Å². The first-order valence-corrected chi connectivity index (χ1v) is 6.32. The molecule has 0 heterocycles. The van der Waals surface area contributed by atoms with E-state index in [2.05, 4.69) is 26.9 Å². The van der Waals surface area contributed by atoms with Crippen molar-refractivity contribution >= 4 is 27.3 Å². The van der Waals surface area contributed by atoms with Gasteiger partial charge in [-0.25, -0.2) is 0 Å². The molecule has 0 aliphatic heterocycles. The maximum absolute atomic E-state index is 6.05. The average Bonchev–Trinajstić information content (AvgIpc) is 3.05. The van der Waals surface area contributed by atoms with E-state index >= 15 is 0 Å². The maximum Gasteiger partial charge on any atom is 0.0637 e. The Morgan fingerprint density at radius 1 is 1.50 bits per heavy atom. The summed E-state index contributed by atoms with van der Waals surface area (Å²) in [5.41, 5.74) is 8.01. The van der Waals surface area contributed by atoms with Gasteiger partial charge in [-0.3, -0.25) is 0 Å². The first-order chi connectivity index (χ1) is 7.72. The fourth-order valence-electron chi connectivity index (χ4n) is 1.86. The molecule has 1 aromatic carbocycles. The van der Waals surface area contributed by atoms with E-state index in [4.69, 9.17) is 10.5 Å². The topological polar surface area (TPSA) is 38.5 Å². The molecule has 16 heavy (non-hydrogen) atoms. The van der Waals surface area contributed by atoms with Gasteiger partial charge in [0.25, 0.3) is 0 Å². The van der Waals surface area contributed by atoms with Crippen LogP contribution in [0.1, 0.15) is 12.8 Å². The van der Waals surface area contributed by atoms with Gasteiger partial charge >= 0.3 is 0 Å². The van der Waals surface area contributed by atoms with Crippen LogP contribution in [-0.4, -0.2) is 26.3 Å². The number of halogens is 1. The smallest absolute Gasteiger partial charge is 0.0637 e. The molecule has 1 saturated carbocycles. The Bertz CT molecular complexity index is 366. The molecule has 0 amide bonds. The second-order valence-corrected chi connectivity index (χ2v) is 5.04. The van der Waals surface area contributed by atoms with E-state index in [0.29, 0.717) is 6.04 Å². The summed E-state index contributed by atoms with van der Waals surface area (Å²) in [7, 11) is 1.73. The Labute approximate surface area is 105 Å². The van der Waals surface area contributed by atoms with Crippen molar-refractivity contribution < 1.29 is 4.74 Å². The highest BCUT2D eigenvalue weighted by atomic mass is 79.9. The van der Waals surface area contributed by atoms with E-state index in [1.54, 1.807) is 7.11 Å². The molecule has 1 aliphatic rings. The summed E-state index contributed by atoms with van der Waals surface area (Å²) in [4.78, 5) is 2.35. The SMILES string of the molecule is COCCN(c1ccc(Br)cc1N)C1CC1. The van der Waals surface area contributed by atoms with Crippen LogP contribution >= 0.6 is 15.9 Å². The van der Waals surface area contributed by atoms with E-state index in [0.717, 1.165) is 29.0 Å². The number of nitrogen functional groups attached to an aromatic ring is 1. The van der Waals surface area contributed by atoms with Gasteiger partial charge in [-0.2, -0.15) is 0 Å². The van der Waals surface area contributed by atoms with Gasteiger partial charge in [0, 0.05) is 24.2 Å². The highest BCUT2D eigenvalue weighted by molar-refractivity contribution is 9.10. The van der Waals surface area contributed by atoms with Gasteiger partial charge in [0.05, 0.1) is 18.0 Å². The van der Waals surface area contributed by atoms with Crippen molar-refractivity contribution in [2.45, 2.75) is 18.9 Å². The van der Waals surface area contributed by atoms with E-state index in [9.17, 15) is 0 Å². The second kappa shape index (κ2) is 5.06. The Hall–Kier alpha value is -0.740. The third-order valence-corrected chi connectivity index (χ3v) is 3.32. The van der Waals surface area contributed by atoms with Crippen molar-refractivity contribution in [1.29, 1.82) is 0 Å². The first kappa shape index (κ1) is 11.7. The molecule has 0 spiro atoms. The second-order valence-electron chi connectivity index (χ2n) is 4.12. The number of hydrogen-bond donors (Lipinski definition) is 1. The number of rotatable bonds is 5. The van der Waals surface area contributed by atoms with Crippen LogP contribution in [-0.2, 0) is 4.74 Å². The van der Waals surface area contributed by atoms with Crippen molar-refractivity contribution in [3.8, 4) is 0 Å². The predicted octanol–water partition coefficient (Wildman–Crippen LogP) is 2.65. The van der Waals surface area contributed by atoms with Gasteiger partial charge in [0.15, 0.2) is 0 Å². The Balaban J connectivity index is 2.17. The summed E-state index contributed by atoms with van der Waals surface area (Å²) in [6.07, 6.45) is 2.53. The molecule has 0 atom stereocenters. The highest BCUT2D eigenvalue weighted by Crippen LogP contribution is 2.35. The summed E-state index contributed by atoms with van der Waals surface area (Å²) < 4.78 is 6.17. The lowest BCUT2D eigenvalue weighted by Crippen LogP contribution is -2.30. The minimum absolute atomic E-state index is 0.652. The van der Waals surface area contributed by atoms with Gasteiger partial charge in [-0.05, 0) is 31.0 Å².